The van der Waals surface area contributed by atoms with Crippen LogP contribution in [0.2, 0.25) is 0 Å². The fraction of sp³-hybridized carbons (Fsp3) is 0.750. The van der Waals surface area contributed by atoms with E-state index in [4.69, 9.17) is 13.9 Å². The van der Waals surface area contributed by atoms with E-state index in [0.29, 0.717) is 31.1 Å². The Kier molecular flexibility index (Phi) is 8.28. The predicted molar refractivity (Wildman–Crippen MR) is 65.5 cm³/mol. The number of halogens is 2. The van der Waals surface area contributed by atoms with Gasteiger partial charge in [0.15, 0.2) is 5.89 Å². The maximum atomic E-state index is 11.8. The van der Waals surface area contributed by atoms with Gasteiger partial charge in [-0.25, -0.2) is 13.8 Å². The van der Waals surface area contributed by atoms with Crippen LogP contribution < -0.4 is 5.32 Å². The second-order valence-electron chi connectivity index (χ2n) is 3.93. The monoisotopic (exact) mass is 278 g/mol. The molecule has 1 aromatic heterocycles. The topological polar surface area (TPSA) is 56.5 Å². The molecule has 19 heavy (non-hydrogen) atoms. The van der Waals surface area contributed by atoms with Crippen molar-refractivity contribution in [1.82, 2.24) is 10.3 Å². The SMILES string of the molecule is COCCNCCc1ncc(CCOCC(F)F)o1. The van der Waals surface area contributed by atoms with Crippen LogP contribution in [0, 0.1) is 0 Å². The van der Waals surface area contributed by atoms with Crippen molar-refractivity contribution in [3.63, 3.8) is 0 Å². The first-order chi connectivity index (χ1) is 9.22. The molecule has 0 bridgehead atoms. The molecular weight excluding hydrogens is 258 g/mol. The van der Waals surface area contributed by atoms with Crippen molar-refractivity contribution in [1.29, 1.82) is 0 Å². The van der Waals surface area contributed by atoms with Crippen LogP contribution in [-0.4, -0.2) is 51.4 Å². The largest absolute Gasteiger partial charge is 0.446 e. The minimum Gasteiger partial charge on any atom is -0.446 e. The molecule has 0 unspecified atom stereocenters. The van der Waals surface area contributed by atoms with E-state index in [0.717, 1.165) is 13.1 Å². The fourth-order valence-electron chi connectivity index (χ4n) is 1.42. The Morgan fingerprint density at radius 3 is 2.89 bits per heavy atom. The Morgan fingerprint density at radius 1 is 1.32 bits per heavy atom. The Morgan fingerprint density at radius 2 is 2.16 bits per heavy atom. The smallest absolute Gasteiger partial charge is 0.261 e. The number of nitrogens with zero attached hydrogens (tertiary/aromatic N) is 1. The van der Waals surface area contributed by atoms with Crippen LogP contribution in [0.3, 0.4) is 0 Å². The molecule has 0 aliphatic rings. The van der Waals surface area contributed by atoms with Gasteiger partial charge < -0.3 is 19.2 Å². The zero-order valence-corrected chi connectivity index (χ0v) is 11.0. The summed E-state index contributed by atoms with van der Waals surface area (Å²) in [6.07, 6.45) is 0.317. The number of methoxy groups -OCH3 is 1. The van der Waals surface area contributed by atoms with Crippen molar-refractivity contribution in [3.8, 4) is 0 Å². The molecule has 0 aromatic carbocycles. The molecule has 0 fully saturated rings. The van der Waals surface area contributed by atoms with Gasteiger partial charge in [0.2, 0.25) is 0 Å². The second-order valence-corrected chi connectivity index (χ2v) is 3.93. The molecule has 0 aliphatic heterocycles. The van der Waals surface area contributed by atoms with Gasteiger partial charge in [0.25, 0.3) is 6.43 Å². The minimum atomic E-state index is -2.43. The van der Waals surface area contributed by atoms with Gasteiger partial charge >= 0.3 is 0 Å². The molecule has 0 spiro atoms. The molecule has 1 heterocycles. The van der Waals surface area contributed by atoms with E-state index < -0.39 is 13.0 Å². The van der Waals surface area contributed by atoms with Crippen LogP contribution in [0.25, 0.3) is 0 Å². The summed E-state index contributed by atoms with van der Waals surface area (Å²) >= 11 is 0. The molecule has 0 radical (unpaired) electrons. The van der Waals surface area contributed by atoms with Crippen LogP contribution >= 0.6 is 0 Å². The third-order valence-corrected chi connectivity index (χ3v) is 2.34. The molecule has 1 rings (SSSR count). The number of aromatic nitrogens is 1. The summed E-state index contributed by atoms with van der Waals surface area (Å²) in [5.41, 5.74) is 0. The lowest BCUT2D eigenvalue weighted by Gasteiger charge is -2.02. The average Bonchev–Trinajstić information content (AvgIpc) is 2.82. The summed E-state index contributed by atoms with van der Waals surface area (Å²) in [6.45, 7) is 1.88. The Balaban J connectivity index is 2.10. The first-order valence-electron chi connectivity index (χ1n) is 6.21. The molecule has 5 nitrogen and oxygen atoms in total. The van der Waals surface area contributed by atoms with Gasteiger partial charge in [0.1, 0.15) is 12.4 Å². The molecule has 0 amide bonds. The number of ether oxygens (including phenoxy) is 2. The highest BCUT2D eigenvalue weighted by molar-refractivity contribution is 4.94. The molecule has 0 aliphatic carbocycles. The highest BCUT2D eigenvalue weighted by atomic mass is 19.3. The van der Waals surface area contributed by atoms with Gasteiger partial charge in [-0.15, -0.1) is 0 Å². The van der Waals surface area contributed by atoms with E-state index in [9.17, 15) is 8.78 Å². The van der Waals surface area contributed by atoms with Crippen LogP contribution in [0.1, 0.15) is 11.7 Å². The Hall–Kier alpha value is -1.05. The van der Waals surface area contributed by atoms with Crippen molar-refractivity contribution in [2.24, 2.45) is 0 Å². The van der Waals surface area contributed by atoms with Gasteiger partial charge in [0.05, 0.1) is 19.4 Å². The summed E-state index contributed by atoms with van der Waals surface area (Å²) in [5, 5.41) is 3.18. The quantitative estimate of drug-likeness (QED) is 0.618. The van der Waals surface area contributed by atoms with Gasteiger partial charge in [-0.3, -0.25) is 0 Å². The molecule has 0 saturated heterocycles. The van der Waals surface area contributed by atoms with E-state index in [1.54, 1.807) is 13.3 Å². The zero-order valence-electron chi connectivity index (χ0n) is 11.0. The number of nitrogens with one attached hydrogen (secondary N) is 1. The second kappa shape index (κ2) is 9.82. The van der Waals surface area contributed by atoms with E-state index in [1.807, 2.05) is 0 Å². The van der Waals surface area contributed by atoms with Crippen molar-refractivity contribution in [3.05, 3.63) is 17.8 Å². The van der Waals surface area contributed by atoms with Crippen molar-refractivity contribution in [2.45, 2.75) is 19.3 Å². The van der Waals surface area contributed by atoms with Gasteiger partial charge in [-0.2, -0.15) is 0 Å². The Labute approximate surface area is 111 Å². The molecule has 1 N–H and O–H groups in total. The number of hydrogen-bond donors (Lipinski definition) is 1. The summed E-state index contributed by atoms with van der Waals surface area (Å²) < 4.78 is 38.7. The zero-order chi connectivity index (χ0) is 13.9. The van der Waals surface area contributed by atoms with Crippen LogP contribution in [0.15, 0.2) is 10.6 Å². The van der Waals surface area contributed by atoms with Gasteiger partial charge in [-0.1, -0.05) is 0 Å². The normalized spacial score (nSPS) is 11.4. The lowest BCUT2D eigenvalue weighted by atomic mass is 10.4. The molecule has 0 saturated carbocycles. The summed E-state index contributed by atoms with van der Waals surface area (Å²) in [6, 6.07) is 0. The summed E-state index contributed by atoms with van der Waals surface area (Å²) in [7, 11) is 1.65. The van der Waals surface area contributed by atoms with Gasteiger partial charge in [-0.05, 0) is 0 Å². The van der Waals surface area contributed by atoms with Crippen molar-refractivity contribution in [2.75, 3.05) is 40.0 Å². The van der Waals surface area contributed by atoms with E-state index >= 15 is 0 Å². The lowest BCUT2D eigenvalue weighted by molar-refractivity contribution is 0.0176. The average molecular weight is 278 g/mol. The number of alkyl halides is 2. The van der Waals surface area contributed by atoms with Crippen molar-refractivity contribution < 1.29 is 22.7 Å². The molecule has 1 aromatic rings. The number of rotatable bonds is 11. The highest BCUT2D eigenvalue weighted by Crippen LogP contribution is 2.05. The van der Waals surface area contributed by atoms with Crippen LogP contribution in [-0.2, 0) is 22.3 Å². The fourth-order valence-corrected chi connectivity index (χ4v) is 1.42. The highest BCUT2D eigenvalue weighted by Gasteiger charge is 2.05. The molecule has 110 valence electrons. The standard InChI is InChI=1S/C12H20F2N2O3/c1-17-7-5-15-4-2-12-16-8-10(19-12)3-6-18-9-11(13)14/h8,11,15H,2-7,9H2,1H3. The third-order valence-electron chi connectivity index (χ3n) is 2.34. The summed E-state index contributed by atoms with van der Waals surface area (Å²) in [4.78, 5) is 4.11. The molecule has 0 atom stereocenters. The number of hydrogen-bond acceptors (Lipinski definition) is 5. The first-order valence-corrected chi connectivity index (χ1v) is 6.21. The van der Waals surface area contributed by atoms with Crippen LogP contribution in [0.4, 0.5) is 8.78 Å². The van der Waals surface area contributed by atoms with Crippen LogP contribution in [0.5, 0.6) is 0 Å². The van der Waals surface area contributed by atoms with E-state index in [2.05, 4.69) is 10.3 Å². The van der Waals surface area contributed by atoms with Gasteiger partial charge in [0, 0.05) is 33.0 Å². The predicted octanol–water partition coefficient (Wildman–Crippen LogP) is 1.28. The van der Waals surface area contributed by atoms with Crippen molar-refractivity contribution >= 4 is 0 Å². The minimum absolute atomic E-state index is 0.213. The Bertz CT molecular complexity index is 335. The number of oxazole rings is 1. The third kappa shape index (κ3) is 7.86. The molecular formula is C12H20F2N2O3. The first kappa shape index (κ1) is 16.0. The molecule has 7 heteroatoms. The van der Waals surface area contributed by atoms with E-state index in [-0.39, 0.29) is 6.61 Å². The van der Waals surface area contributed by atoms with E-state index in [1.165, 1.54) is 0 Å². The maximum Gasteiger partial charge on any atom is 0.261 e. The summed E-state index contributed by atoms with van der Waals surface area (Å²) in [5.74, 6) is 1.29. The maximum absolute atomic E-state index is 11.8. The lowest BCUT2D eigenvalue weighted by Crippen LogP contribution is -2.21.